The third-order valence-corrected chi connectivity index (χ3v) is 3.23. The molecule has 0 aromatic heterocycles. The lowest BCUT2D eigenvalue weighted by Gasteiger charge is -2.12. The van der Waals surface area contributed by atoms with Crippen LogP contribution in [-0.2, 0) is 0 Å². The zero-order chi connectivity index (χ0) is 12.7. The number of rotatable bonds is 5. The van der Waals surface area contributed by atoms with Crippen molar-refractivity contribution in [3.05, 3.63) is 54.6 Å². The van der Waals surface area contributed by atoms with Crippen LogP contribution < -0.4 is 4.74 Å². The molecular formula is C15H18OS. The molecule has 0 fully saturated rings. The SMILES string of the molecule is C=C/C(=C\C=C/C)c1cccc(OC)c1SC. The molecular weight excluding hydrogens is 228 g/mol. The maximum absolute atomic E-state index is 5.38. The van der Waals surface area contributed by atoms with Crippen LogP contribution in [0.2, 0.25) is 0 Å². The summed E-state index contributed by atoms with van der Waals surface area (Å²) >= 11 is 1.69. The summed E-state index contributed by atoms with van der Waals surface area (Å²) < 4.78 is 5.38. The van der Waals surface area contributed by atoms with E-state index in [1.54, 1.807) is 18.9 Å². The first-order valence-electron chi connectivity index (χ1n) is 5.45. The molecule has 1 rings (SSSR count). The Hall–Kier alpha value is -1.41. The Morgan fingerprint density at radius 1 is 1.41 bits per heavy atom. The van der Waals surface area contributed by atoms with E-state index in [-0.39, 0.29) is 0 Å². The molecule has 1 aromatic carbocycles. The third kappa shape index (κ3) is 3.27. The van der Waals surface area contributed by atoms with Gasteiger partial charge in [0, 0.05) is 0 Å². The Kier molecular flexibility index (Phi) is 5.64. The van der Waals surface area contributed by atoms with Crippen LogP contribution in [0.4, 0.5) is 0 Å². The van der Waals surface area contributed by atoms with Crippen molar-refractivity contribution in [3.63, 3.8) is 0 Å². The maximum atomic E-state index is 5.38. The summed E-state index contributed by atoms with van der Waals surface area (Å²) in [5.74, 6) is 0.906. The second-order valence-electron chi connectivity index (χ2n) is 3.39. The van der Waals surface area contributed by atoms with Crippen molar-refractivity contribution in [2.24, 2.45) is 0 Å². The fourth-order valence-corrected chi connectivity index (χ4v) is 2.34. The normalized spacial score (nSPS) is 11.8. The van der Waals surface area contributed by atoms with Crippen LogP contribution in [0.5, 0.6) is 5.75 Å². The van der Waals surface area contributed by atoms with Gasteiger partial charge in [-0.15, -0.1) is 11.8 Å². The molecule has 0 atom stereocenters. The highest BCUT2D eigenvalue weighted by Gasteiger charge is 2.09. The van der Waals surface area contributed by atoms with E-state index >= 15 is 0 Å². The standard InChI is InChI=1S/C15H18OS/c1-5-7-9-12(6-2)13-10-8-11-14(16-3)15(13)17-4/h5-11H,2H2,1,3-4H3/b7-5-,12-9+. The van der Waals surface area contributed by atoms with Gasteiger partial charge in [0.25, 0.3) is 0 Å². The van der Waals surface area contributed by atoms with Crippen LogP contribution >= 0.6 is 11.8 Å². The van der Waals surface area contributed by atoms with Gasteiger partial charge in [0.1, 0.15) is 5.75 Å². The van der Waals surface area contributed by atoms with Gasteiger partial charge in [0.15, 0.2) is 0 Å². The smallest absolute Gasteiger partial charge is 0.133 e. The highest BCUT2D eigenvalue weighted by atomic mass is 32.2. The van der Waals surface area contributed by atoms with Crippen LogP contribution in [0, 0.1) is 0 Å². The number of hydrogen-bond acceptors (Lipinski definition) is 2. The van der Waals surface area contributed by atoms with E-state index in [0.29, 0.717) is 0 Å². The van der Waals surface area contributed by atoms with E-state index in [4.69, 9.17) is 4.74 Å². The van der Waals surface area contributed by atoms with E-state index in [2.05, 4.69) is 25.0 Å². The van der Waals surface area contributed by atoms with Gasteiger partial charge in [0.2, 0.25) is 0 Å². The van der Waals surface area contributed by atoms with Crippen molar-refractivity contribution < 1.29 is 4.74 Å². The predicted octanol–water partition coefficient (Wildman–Crippen LogP) is 4.56. The first-order valence-corrected chi connectivity index (χ1v) is 6.67. The minimum absolute atomic E-state index is 0.906. The average molecular weight is 246 g/mol. The van der Waals surface area contributed by atoms with Crippen LogP contribution in [0.25, 0.3) is 5.57 Å². The molecule has 0 heterocycles. The van der Waals surface area contributed by atoms with Gasteiger partial charge in [-0.3, -0.25) is 0 Å². The van der Waals surface area contributed by atoms with Crippen LogP contribution in [0.15, 0.2) is 54.0 Å². The van der Waals surface area contributed by atoms with Gasteiger partial charge in [-0.05, 0) is 30.4 Å². The fraction of sp³-hybridized carbons (Fsp3) is 0.200. The summed E-state index contributed by atoms with van der Waals surface area (Å²) in [6.07, 6.45) is 10.00. The zero-order valence-corrected chi connectivity index (χ0v) is 11.4. The fourth-order valence-electron chi connectivity index (χ4n) is 1.58. The van der Waals surface area contributed by atoms with Crippen molar-refractivity contribution in [2.45, 2.75) is 11.8 Å². The van der Waals surface area contributed by atoms with E-state index in [1.165, 1.54) is 0 Å². The van der Waals surface area contributed by atoms with E-state index < -0.39 is 0 Å². The number of ether oxygens (including phenoxy) is 1. The molecule has 0 aliphatic rings. The molecule has 0 aliphatic heterocycles. The lowest BCUT2D eigenvalue weighted by Crippen LogP contribution is -1.91. The molecule has 0 N–H and O–H groups in total. The van der Waals surface area contributed by atoms with Crippen LogP contribution in [0.3, 0.4) is 0 Å². The maximum Gasteiger partial charge on any atom is 0.133 e. The number of hydrogen-bond donors (Lipinski definition) is 0. The van der Waals surface area contributed by atoms with Gasteiger partial charge in [-0.1, -0.05) is 43.0 Å². The van der Waals surface area contributed by atoms with E-state index in [1.807, 2.05) is 37.3 Å². The van der Waals surface area contributed by atoms with Gasteiger partial charge in [0.05, 0.1) is 12.0 Å². The summed E-state index contributed by atoms with van der Waals surface area (Å²) in [5, 5.41) is 0. The summed E-state index contributed by atoms with van der Waals surface area (Å²) in [6.45, 7) is 5.87. The Morgan fingerprint density at radius 3 is 2.71 bits per heavy atom. The van der Waals surface area contributed by atoms with Gasteiger partial charge >= 0.3 is 0 Å². The number of allylic oxidation sites excluding steroid dienone is 5. The molecule has 0 unspecified atom stereocenters. The Labute approximate surface area is 108 Å². The molecule has 0 saturated heterocycles. The van der Waals surface area contributed by atoms with Crippen molar-refractivity contribution in [1.29, 1.82) is 0 Å². The van der Waals surface area contributed by atoms with Crippen molar-refractivity contribution in [1.82, 2.24) is 0 Å². The minimum atomic E-state index is 0.906. The Bertz CT molecular complexity index is 444. The number of thioether (sulfide) groups is 1. The van der Waals surface area contributed by atoms with E-state index in [9.17, 15) is 0 Å². The van der Waals surface area contributed by atoms with Crippen molar-refractivity contribution in [2.75, 3.05) is 13.4 Å². The lowest BCUT2D eigenvalue weighted by atomic mass is 10.0. The van der Waals surface area contributed by atoms with Gasteiger partial charge in [-0.25, -0.2) is 0 Å². The molecule has 2 heteroatoms. The molecule has 0 radical (unpaired) electrons. The monoisotopic (exact) mass is 246 g/mol. The first-order chi connectivity index (χ1) is 8.28. The first kappa shape index (κ1) is 13.7. The van der Waals surface area contributed by atoms with Crippen molar-refractivity contribution in [3.8, 4) is 5.75 Å². The second kappa shape index (κ2) is 7.02. The van der Waals surface area contributed by atoms with Crippen LogP contribution in [-0.4, -0.2) is 13.4 Å². The van der Waals surface area contributed by atoms with Crippen LogP contribution in [0.1, 0.15) is 12.5 Å². The molecule has 0 bridgehead atoms. The highest BCUT2D eigenvalue weighted by Crippen LogP contribution is 2.35. The largest absolute Gasteiger partial charge is 0.496 e. The minimum Gasteiger partial charge on any atom is -0.496 e. The molecule has 0 amide bonds. The summed E-state index contributed by atoms with van der Waals surface area (Å²) in [6, 6.07) is 6.07. The molecule has 0 saturated carbocycles. The zero-order valence-electron chi connectivity index (χ0n) is 10.6. The lowest BCUT2D eigenvalue weighted by molar-refractivity contribution is 0.404. The summed E-state index contributed by atoms with van der Waals surface area (Å²) in [4.78, 5) is 1.14. The molecule has 0 aliphatic carbocycles. The summed E-state index contributed by atoms with van der Waals surface area (Å²) in [7, 11) is 1.70. The number of benzene rings is 1. The molecule has 17 heavy (non-hydrogen) atoms. The number of methoxy groups -OCH3 is 1. The van der Waals surface area contributed by atoms with Gasteiger partial charge in [-0.2, -0.15) is 0 Å². The topological polar surface area (TPSA) is 9.23 Å². The Morgan fingerprint density at radius 2 is 2.18 bits per heavy atom. The van der Waals surface area contributed by atoms with Gasteiger partial charge < -0.3 is 4.74 Å². The quantitative estimate of drug-likeness (QED) is 0.556. The average Bonchev–Trinajstić information content (AvgIpc) is 2.39. The Balaban J connectivity index is 3.33. The molecule has 1 nitrogen and oxygen atoms in total. The molecule has 1 aromatic rings. The highest BCUT2D eigenvalue weighted by molar-refractivity contribution is 7.98. The molecule has 0 spiro atoms. The van der Waals surface area contributed by atoms with Crippen molar-refractivity contribution >= 4 is 17.3 Å². The van der Waals surface area contributed by atoms with E-state index in [0.717, 1.165) is 21.8 Å². The third-order valence-electron chi connectivity index (χ3n) is 2.40. The second-order valence-corrected chi connectivity index (χ2v) is 4.21. The predicted molar refractivity (Wildman–Crippen MR) is 77.8 cm³/mol. The summed E-state index contributed by atoms with van der Waals surface area (Å²) in [5.41, 5.74) is 2.26. The molecule has 90 valence electrons.